The van der Waals surface area contributed by atoms with Crippen molar-refractivity contribution in [3.05, 3.63) is 11.6 Å². The highest BCUT2D eigenvalue weighted by molar-refractivity contribution is 5.81. The Kier molecular flexibility index (Phi) is 3.61. The molecule has 0 aromatic heterocycles. The molecule has 2 rings (SSSR count). The van der Waals surface area contributed by atoms with Gasteiger partial charge in [-0.1, -0.05) is 37.8 Å². The van der Waals surface area contributed by atoms with Gasteiger partial charge in [0.1, 0.15) is 5.78 Å². The van der Waals surface area contributed by atoms with Gasteiger partial charge in [-0.3, -0.25) is 4.79 Å². The summed E-state index contributed by atoms with van der Waals surface area (Å²) in [5.74, 6) is 2.20. The number of ketones is 1. The molecule has 0 aromatic carbocycles. The number of carbonyl (C=O) groups is 1. The van der Waals surface area contributed by atoms with Crippen LogP contribution in [0.1, 0.15) is 58.3 Å². The smallest absolute Gasteiger partial charge is 0.136 e. The summed E-state index contributed by atoms with van der Waals surface area (Å²) in [5, 5.41) is 0. The Morgan fingerprint density at radius 2 is 2.20 bits per heavy atom. The van der Waals surface area contributed by atoms with Gasteiger partial charge in [-0.25, -0.2) is 0 Å². The van der Waals surface area contributed by atoms with Gasteiger partial charge in [-0.15, -0.1) is 0 Å². The van der Waals surface area contributed by atoms with Crippen molar-refractivity contribution in [3.63, 3.8) is 0 Å². The van der Waals surface area contributed by atoms with E-state index in [2.05, 4.69) is 13.0 Å². The highest BCUT2D eigenvalue weighted by Gasteiger charge is 2.25. The first-order valence-electron chi connectivity index (χ1n) is 6.50. The van der Waals surface area contributed by atoms with E-state index in [0.717, 1.165) is 24.7 Å². The van der Waals surface area contributed by atoms with Crippen LogP contribution in [0.4, 0.5) is 0 Å². The molecule has 1 heteroatoms. The maximum absolute atomic E-state index is 11.2. The maximum atomic E-state index is 11.2. The Labute approximate surface area is 92.9 Å². The van der Waals surface area contributed by atoms with Gasteiger partial charge < -0.3 is 0 Å². The number of hydrogen-bond donors (Lipinski definition) is 0. The van der Waals surface area contributed by atoms with Gasteiger partial charge in [-0.2, -0.15) is 0 Å². The number of Topliss-reactive ketones (excluding diaryl/α,β-unsaturated/α-hetero) is 1. The van der Waals surface area contributed by atoms with Crippen molar-refractivity contribution < 1.29 is 4.79 Å². The van der Waals surface area contributed by atoms with Crippen molar-refractivity contribution >= 4 is 5.78 Å². The summed E-state index contributed by atoms with van der Waals surface area (Å²) in [4.78, 5) is 11.2. The average Bonchev–Trinajstić information content (AvgIpc) is 2.30. The van der Waals surface area contributed by atoms with Crippen LogP contribution in [0.3, 0.4) is 0 Å². The quantitative estimate of drug-likeness (QED) is 0.627. The Hall–Kier alpha value is -0.590. The standard InChI is InChI=1S/C14H22O/c1-2-11-4-3-5-13(10-11)12-6-8-14(15)9-7-12/h6,11,13H,2-5,7-10H2,1H3. The van der Waals surface area contributed by atoms with Gasteiger partial charge in [0.2, 0.25) is 0 Å². The summed E-state index contributed by atoms with van der Waals surface area (Å²) in [6, 6.07) is 0. The second kappa shape index (κ2) is 4.96. The van der Waals surface area contributed by atoms with E-state index >= 15 is 0 Å². The minimum Gasteiger partial charge on any atom is -0.299 e. The second-order valence-electron chi connectivity index (χ2n) is 5.16. The lowest BCUT2D eigenvalue weighted by Gasteiger charge is -2.31. The zero-order valence-electron chi connectivity index (χ0n) is 9.80. The Balaban J connectivity index is 1.95. The predicted octanol–water partition coefficient (Wildman–Crippen LogP) is 3.88. The molecular weight excluding hydrogens is 184 g/mol. The first kappa shape index (κ1) is 10.9. The predicted molar refractivity (Wildman–Crippen MR) is 62.7 cm³/mol. The maximum Gasteiger partial charge on any atom is 0.136 e. The third-order valence-electron chi connectivity index (χ3n) is 4.17. The molecule has 1 nitrogen and oxygen atoms in total. The van der Waals surface area contributed by atoms with E-state index in [1.54, 1.807) is 5.57 Å². The molecule has 0 N–H and O–H groups in total. The normalized spacial score (nSPS) is 32.6. The topological polar surface area (TPSA) is 17.1 Å². The number of allylic oxidation sites excluding steroid dienone is 2. The van der Waals surface area contributed by atoms with Gasteiger partial charge >= 0.3 is 0 Å². The largest absolute Gasteiger partial charge is 0.299 e. The van der Waals surface area contributed by atoms with E-state index < -0.39 is 0 Å². The van der Waals surface area contributed by atoms with E-state index in [0.29, 0.717) is 12.2 Å². The van der Waals surface area contributed by atoms with Crippen LogP contribution in [0.25, 0.3) is 0 Å². The average molecular weight is 206 g/mol. The molecular formula is C14H22O. The Morgan fingerprint density at radius 1 is 1.33 bits per heavy atom. The minimum absolute atomic E-state index is 0.432. The molecule has 2 atom stereocenters. The van der Waals surface area contributed by atoms with E-state index in [9.17, 15) is 4.79 Å². The van der Waals surface area contributed by atoms with Crippen molar-refractivity contribution in [1.29, 1.82) is 0 Å². The molecule has 0 bridgehead atoms. The molecule has 0 aliphatic heterocycles. The van der Waals surface area contributed by atoms with Crippen molar-refractivity contribution in [1.82, 2.24) is 0 Å². The summed E-state index contributed by atoms with van der Waals surface area (Å²) >= 11 is 0. The van der Waals surface area contributed by atoms with E-state index in [1.165, 1.54) is 32.1 Å². The molecule has 1 saturated carbocycles. The summed E-state index contributed by atoms with van der Waals surface area (Å²) in [7, 11) is 0. The molecule has 0 aromatic rings. The van der Waals surface area contributed by atoms with Crippen LogP contribution in [0.5, 0.6) is 0 Å². The van der Waals surface area contributed by atoms with Crippen LogP contribution >= 0.6 is 0 Å². The van der Waals surface area contributed by atoms with Crippen LogP contribution in [-0.4, -0.2) is 5.78 Å². The molecule has 0 saturated heterocycles. The van der Waals surface area contributed by atoms with Crippen LogP contribution in [-0.2, 0) is 4.79 Å². The molecule has 0 radical (unpaired) electrons. The molecule has 2 unspecified atom stereocenters. The lowest BCUT2D eigenvalue weighted by atomic mass is 9.74. The molecule has 0 heterocycles. The molecule has 0 spiro atoms. The molecule has 2 aliphatic carbocycles. The zero-order valence-corrected chi connectivity index (χ0v) is 9.80. The summed E-state index contributed by atoms with van der Waals surface area (Å²) < 4.78 is 0. The van der Waals surface area contributed by atoms with Crippen LogP contribution < -0.4 is 0 Å². The SMILES string of the molecule is CCC1CCCC(C2=CCC(=O)CC2)C1. The van der Waals surface area contributed by atoms with Gasteiger partial charge in [0.15, 0.2) is 0 Å². The molecule has 15 heavy (non-hydrogen) atoms. The first-order valence-corrected chi connectivity index (χ1v) is 6.50. The van der Waals surface area contributed by atoms with E-state index in [4.69, 9.17) is 0 Å². The number of hydrogen-bond acceptors (Lipinski definition) is 1. The Morgan fingerprint density at radius 3 is 2.87 bits per heavy atom. The van der Waals surface area contributed by atoms with Gasteiger partial charge in [-0.05, 0) is 31.1 Å². The monoisotopic (exact) mass is 206 g/mol. The van der Waals surface area contributed by atoms with Gasteiger partial charge in [0.05, 0.1) is 0 Å². The summed E-state index contributed by atoms with van der Waals surface area (Å²) in [6.45, 7) is 2.31. The van der Waals surface area contributed by atoms with Crippen molar-refractivity contribution in [2.24, 2.45) is 11.8 Å². The molecule has 1 fully saturated rings. The second-order valence-corrected chi connectivity index (χ2v) is 5.16. The lowest BCUT2D eigenvalue weighted by molar-refractivity contribution is -0.118. The van der Waals surface area contributed by atoms with Gasteiger partial charge in [0, 0.05) is 12.8 Å². The Bertz CT molecular complexity index is 265. The summed E-state index contributed by atoms with van der Waals surface area (Å²) in [5.41, 5.74) is 1.60. The number of carbonyl (C=O) groups excluding carboxylic acids is 1. The third kappa shape index (κ3) is 2.70. The fourth-order valence-electron chi connectivity index (χ4n) is 3.10. The minimum atomic E-state index is 0.432. The van der Waals surface area contributed by atoms with Crippen LogP contribution in [0.15, 0.2) is 11.6 Å². The number of rotatable bonds is 2. The highest BCUT2D eigenvalue weighted by Crippen LogP contribution is 2.37. The van der Waals surface area contributed by atoms with Crippen LogP contribution in [0, 0.1) is 11.8 Å². The van der Waals surface area contributed by atoms with E-state index in [-0.39, 0.29) is 0 Å². The molecule has 0 amide bonds. The third-order valence-corrected chi connectivity index (χ3v) is 4.17. The lowest BCUT2D eigenvalue weighted by Crippen LogP contribution is -2.19. The highest BCUT2D eigenvalue weighted by atomic mass is 16.1. The van der Waals surface area contributed by atoms with E-state index in [1.807, 2.05) is 0 Å². The molecule has 2 aliphatic rings. The van der Waals surface area contributed by atoms with Crippen molar-refractivity contribution in [3.8, 4) is 0 Å². The summed E-state index contributed by atoms with van der Waals surface area (Å²) in [6.07, 6.45) is 11.7. The van der Waals surface area contributed by atoms with Crippen LogP contribution in [0.2, 0.25) is 0 Å². The van der Waals surface area contributed by atoms with Gasteiger partial charge in [0.25, 0.3) is 0 Å². The fraction of sp³-hybridized carbons (Fsp3) is 0.786. The van der Waals surface area contributed by atoms with Crippen molar-refractivity contribution in [2.45, 2.75) is 58.3 Å². The first-order chi connectivity index (χ1) is 7.29. The zero-order chi connectivity index (χ0) is 10.7. The fourth-order valence-corrected chi connectivity index (χ4v) is 3.10. The molecule has 84 valence electrons. The van der Waals surface area contributed by atoms with Crippen molar-refractivity contribution in [2.75, 3.05) is 0 Å².